The zero-order valence-corrected chi connectivity index (χ0v) is 6.78. The van der Waals surface area contributed by atoms with E-state index in [0.29, 0.717) is 0 Å². The first-order valence-corrected chi connectivity index (χ1v) is 3.53. The Balaban J connectivity index is 2.56. The fourth-order valence-corrected chi connectivity index (χ4v) is 0.838. The molecule has 0 amide bonds. The van der Waals surface area contributed by atoms with Crippen molar-refractivity contribution in [3.63, 3.8) is 0 Å². The number of hydrogen-bond donors (Lipinski definition) is 2. The largest absolute Gasteiger partial charge is 0.271 e. The molecule has 0 saturated carbocycles. The lowest BCUT2D eigenvalue weighted by atomic mass is 10.2. The Morgan fingerprint density at radius 2 is 2.55 bits per heavy atom. The molecular weight excluding hydrogens is 142 g/mol. The molecule has 0 aliphatic heterocycles. The van der Waals surface area contributed by atoms with Gasteiger partial charge in [-0.1, -0.05) is 0 Å². The first kappa shape index (κ1) is 8.16. The minimum atomic E-state index is 0.234. The Bertz CT molecular complexity index is 219. The maximum Gasteiger partial charge on any atom is 0.138 e. The van der Waals surface area contributed by atoms with Crippen LogP contribution >= 0.6 is 0 Å². The molecule has 1 heterocycles. The Kier molecular flexibility index (Phi) is 2.56. The molecule has 1 unspecified atom stereocenters. The van der Waals surface area contributed by atoms with E-state index in [1.165, 1.54) is 0 Å². The lowest BCUT2D eigenvalue weighted by Gasteiger charge is -2.07. The van der Waals surface area contributed by atoms with Gasteiger partial charge < -0.3 is 0 Å². The fourth-order valence-electron chi connectivity index (χ4n) is 0.838. The number of hydrazine groups is 1. The van der Waals surface area contributed by atoms with E-state index in [-0.39, 0.29) is 6.04 Å². The van der Waals surface area contributed by atoms with Gasteiger partial charge in [-0.2, -0.15) is 5.10 Å². The number of hydrogen-bond acceptors (Lipinski definition) is 4. The van der Waals surface area contributed by atoms with E-state index < -0.39 is 0 Å². The average Bonchev–Trinajstić information content (AvgIpc) is 2.37. The summed E-state index contributed by atoms with van der Waals surface area (Å²) in [6.07, 6.45) is 2.34. The molecule has 1 atom stereocenters. The molecule has 0 radical (unpaired) electrons. The van der Waals surface area contributed by atoms with Crippen LogP contribution in [-0.2, 0) is 13.5 Å². The molecule has 5 nitrogen and oxygen atoms in total. The van der Waals surface area contributed by atoms with E-state index in [9.17, 15) is 0 Å². The third-order valence-corrected chi connectivity index (χ3v) is 1.58. The number of nitrogens with two attached hydrogens (primary N) is 1. The fraction of sp³-hybridized carbons (Fsp3) is 0.667. The van der Waals surface area contributed by atoms with Gasteiger partial charge in [0.25, 0.3) is 0 Å². The van der Waals surface area contributed by atoms with Crippen molar-refractivity contribution >= 4 is 0 Å². The molecule has 0 spiro atoms. The molecule has 1 rings (SSSR count). The van der Waals surface area contributed by atoms with E-state index in [0.717, 1.165) is 12.2 Å². The topological polar surface area (TPSA) is 68.8 Å². The van der Waals surface area contributed by atoms with Crippen LogP contribution in [0.25, 0.3) is 0 Å². The third-order valence-electron chi connectivity index (χ3n) is 1.58. The highest BCUT2D eigenvalue weighted by atomic mass is 15.3. The first-order valence-electron chi connectivity index (χ1n) is 3.53. The van der Waals surface area contributed by atoms with Crippen LogP contribution in [-0.4, -0.2) is 20.8 Å². The number of aromatic nitrogens is 3. The van der Waals surface area contributed by atoms with Gasteiger partial charge in [-0.05, 0) is 6.92 Å². The van der Waals surface area contributed by atoms with Crippen LogP contribution in [0.15, 0.2) is 6.33 Å². The van der Waals surface area contributed by atoms with Crippen molar-refractivity contribution in [1.82, 2.24) is 20.2 Å². The van der Waals surface area contributed by atoms with Crippen molar-refractivity contribution in [2.75, 3.05) is 0 Å². The summed E-state index contributed by atoms with van der Waals surface area (Å²) in [6, 6.07) is 0.234. The van der Waals surface area contributed by atoms with Gasteiger partial charge in [-0.15, -0.1) is 0 Å². The van der Waals surface area contributed by atoms with Gasteiger partial charge in [-0.3, -0.25) is 16.0 Å². The third kappa shape index (κ3) is 1.99. The lowest BCUT2D eigenvalue weighted by molar-refractivity contribution is 0.537. The van der Waals surface area contributed by atoms with Gasteiger partial charge in [0, 0.05) is 19.5 Å². The highest BCUT2D eigenvalue weighted by Crippen LogP contribution is 1.95. The zero-order chi connectivity index (χ0) is 8.27. The zero-order valence-electron chi connectivity index (χ0n) is 6.78. The lowest BCUT2D eigenvalue weighted by Crippen LogP contribution is -2.34. The number of rotatable bonds is 3. The second-order valence-corrected chi connectivity index (χ2v) is 2.57. The molecule has 0 aliphatic carbocycles. The summed E-state index contributed by atoms with van der Waals surface area (Å²) < 4.78 is 1.74. The van der Waals surface area contributed by atoms with Gasteiger partial charge in [0.2, 0.25) is 0 Å². The predicted molar refractivity (Wildman–Crippen MR) is 41.5 cm³/mol. The SMILES string of the molecule is CC(Cc1ncnn1C)NN. The molecular formula is C6H13N5. The summed E-state index contributed by atoms with van der Waals surface area (Å²) in [6.45, 7) is 1.99. The highest BCUT2D eigenvalue weighted by molar-refractivity contribution is 4.86. The van der Waals surface area contributed by atoms with Crippen LogP contribution in [0.5, 0.6) is 0 Å². The number of nitrogens with one attached hydrogen (secondary N) is 1. The van der Waals surface area contributed by atoms with E-state index in [4.69, 9.17) is 5.84 Å². The van der Waals surface area contributed by atoms with Crippen LogP contribution < -0.4 is 11.3 Å². The van der Waals surface area contributed by atoms with Gasteiger partial charge in [0.15, 0.2) is 0 Å². The van der Waals surface area contributed by atoms with Gasteiger partial charge in [0.05, 0.1) is 0 Å². The normalized spacial score (nSPS) is 13.4. The van der Waals surface area contributed by atoms with Crippen LogP contribution in [0, 0.1) is 0 Å². The molecule has 3 N–H and O–H groups in total. The summed E-state index contributed by atoms with van der Waals surface area (Å²) in [5.41, 5.74) is 2.65. The second kappa shape index (κ2) is 3.45. The van der Waals surface area contributed by atoms with Crippen molar-refractivity contribution < 1.29 is 0 Å². The molecule has 0 aromatic carbocycles. The van der Waals surface area contributed by atoms with E-state index in [2.05, 4.69) is 15.5 Å². The molecule has 1 aromatic heterocycles. The predicted octanol–water partition coefficient (Wildman–Crippen LogP) is -0.791. The van der Waals surface area contributed by atoms with E-state index >= 15 is 0 Å². The molecule has 1 aromatic rings. The summed E-state index contributed by atoms with van der Waals surface area (Å²) in [5.74, 6) is 6.17. The summed E-state index contributed by atoms with van der Waals surface area (Å²) in [5, 5.41) is 3.94. The first-order chi connectivity index (χ1) is 5.24. The monoisotopic (exact) mass is 155 g/mol. The molecule has 0 fully saturated rings. The summed E-state index contributed by atoms with van der Waals surface area (Å²) in [7, 11) is 1.87. The van der Waals surface area contributed by atoms with Gasteiger partial charge >= 0.3 is 0 Å². The summed E-state index contributed by atoms with van der Waals surface area (Å²) >= 11 is 0. The van der Waals surface area contributed by atoms with Gasteiger partial charge in [-0.25, -0.2) is 4.98 Å². The Labute approximate surface area is 65.6 Å². The smallest absolute Gasteiger partial charge is 0.138 e. The average molecular weight is 155 g/mol. The Hall–Kier alpha value is -0.940. The molecule has 11 heavy (non-hydrogen) atoms. The Morgan fingerprint density at radius 3 is 3.00 bits per heavy atom. The maximum atomic E-state index is 5.23. The molecule has 0 saturated heterocycles. The van der Waals surface area contributed by atoms with E-state index in [1.54, 1.807) is 11.0 Å². The maximum absolute atomic E-state index is 5.23. The van der Waals surface area contributed by atoms with Gasteiger partial charge in [0.1, 0.15) is 12.2 Å². The van der Waals surface area contributed by atoms with Crippen LogP contribution in [0.3, 0.4) is 0 Å². The van der Waals surface area contributed by atoms with Crippen molar-refractivity contribution in [1.29, 1.82) is 0 Å². The Morgan fingerprint density at radius 1 is 1.82 bits per heavy atom. The minimum absolute atomic E-state index is 0.234. The van der Waals surface area contributed by atoms with Crippen molar-refractivity contribution in [2.24, 2.45) is 12.9 Å². The van der Waals surface area contributed by atoms with Crippen LogP contribution in [0.4, 0.5) is 0 Å². The van der Waals surface area contributed by atoms with Crippen molar-refractivity contribution in [3.05, 3.63) is 12.2 Å². The number of aryl methyl sites for hydroxylation is 1. The molecule has 0 aliphatic rings. The highest BCUT2D eigenvalue weighted by Gasteiger charge is 2.04. The number of nitrogens with zero attached hydrogens (tertiary/aromatic N) is 3. The van der Waals surface area contributed by atoms with Crippen molar-refractivity contribution in [2.45, 2.75) is 19.4 Å². The molecule has 5 heteroatoms. The standard InChI is InChI=1S/C6H13N5/c1-5(10-7)3-6-8-4-9-11(6)2/h4-5,10H,3,7H2,1-2H3. The van der Waals surface area contributed by atoms with Crippen molar-refractivity contribution in [3.8, 4) is 0 Å². The quantitative estimate of drug-likeness (QED) is 0.443. The van der Waals surface area contributed by atoms with Crippen LogP contribution in [0.2, 0.25) is 0 Å². The summed E-state index contributed by atoms with van der Waals surface area (Å²) in [4.78, 5) is 4.06. The minimum Gasteiger partial charge on any atom is -0.271 e. The molecule has 62 valence electrons. The second-order valence-electron chi connectivity index (χ2n) is 2.57. The van der Waals surface area contributed by atoms with E-state index in [1.807, 2.05) is 14.0 Å². The van der Waals surface area contributed by atoms with Crippen LogP contribution in [0.1, 0.15) is 12.7 Å². The molecule has 0 bridgehead atoms.